The first-order valence-electron chi connectivity index (χ1n) is 6.59. The number of nitrogens with zero attached hydrogens (tertiary/aromatic N) is 2. The molecule has 0 aliphatic heterocycles. The second-order valence-corrected chi connectivity index (χ2v) is 4.77. The molecule has 0 radical (unpaired) electrons. The fourth-order valence-electron chi connectivity index (χ4n) is 2.14. The summed E-state index contributed by atoms with van der Waals surface area (Å²) in [5, 5.41) is 3.54. The van der Waals surface area contributed by atoms with Gasteiger partial charge in [0.15, 0.2) is 0 Å². The van der Waals surface area contributed by atoms with Crippen LogP contribution in [0.4, 0.5) is 5.69 Å². The van der Waals surface area contributed by atoms with Crippen molar-refractivity contribution in [1.82, 2.24) is 9.55 Å². The molecule has 1 aromatic heterocycles. The van der Waals surface area contributed by atoms with Crippen molar-refractivity contribution in [2.45, 2.75) is 39.3 Å². The first-order valence-corrected chi connectivity index (χ1v) is 6.59. The number of imidazole rings is 1. The lowest BCUT2D eigenvalue weighted by atomic mass is 10.1. The summed E-state index contributed by atoms with van der Waals surface area (Å²) in [6, 6.07) is 9.12. The SMILES string of the molecule is CCCC(C)Nc1cccc(Cn2ccnc2)c1. The number of rotatable bonds is 6. The minimum atomic E-state index is 0.526. The van der Waals surface area contributed by atoms with Crippen LogP contribution in [0.2, 0.25) is 0 Å². The lowest BCUT2D eigenvalue weighted by molar-refractivity contribution is 0.690. The molecule has 1 N–H and O–H groups in total. The van der Waals surface area contributed by atoms with Crippen molar-refractivity contribution in [2.75, 3.05) is 5.32 Å². The minimum absolute atomic E-state index is 0.526. The van der Waals surface area contributed by atoms with Crippen LogP contribution in [-0.4, -0.2) is 15.6 Å². The highest BCUT2D eigenvalue weighted by molar-refractivity contribution is 5.46. The molecule has 0 fully saturated rings. The van der Waals surface area contributed by atoms with Gasteiger partial charge in [0.05, 0.1) is 6.33 Å². The average molecular weight is 243 g/mol. The van der Waals surface area contributed by atoms with E-state index in [0.29, 0.717) is 6.04 Å². The van der Waals surface area contributed by atoms with Crippen LogP contribution >= 0.6 is 0 Å². The van der Waals surface area contributed by atoms with Crippen LogP contribution in [-0.2, 0) is 6.54 Å². The molecular weight excluding hydrogens is 222 g/mol. The van der Waals surface area contributed by atoms with Crippen molar-refractivity contribution < 1.29 is 0 Å². The summed E-state index contributed by atoms with van der Waals surface area (Å²) in [5.41, 5.74) is 2.50. The third kappa shape index (κ3) is 3.62. The Bertz CT molecular complexity index is 462. The van der Waals surface area contributed by atoms with Gasteiger partial charge in [0.25, 0.3) is 0 Å². The largest absolute Gasteiger partial charge is 0.383 e. The van der Waals surface area contributed by atoms with Gasteiger partial charge < -0.3 is 9.88 Å². The number of anilines is 1. The fourth-order valence-corrected chi connectivity index (χ4v) is 2.14. The zero-order chi connectivity index (χ0) is 12.8. The van der Waals surface area contributed by atoms with E-state index in [-0.39, 0.29) is 0 Å². The Kier molecular flexibility index (Phi) is 4.40. The normalized spacial score (nSPS) is 12.3. The summed E-state index contributed by atoms with van der Waals surface area (Å²) < 4.78 is 2.08. The van der Waals surface area contributed by atoms with Gasteiger partial charge in [-0.25, -0.2) is 4.98 Å². The second-order valence-electron chi connectivity index (χ2n) is 4.77. The van der Waals surface area contributed by atoms with E-state index in [0.717, 1.165) is 6.54 Å². The number of hydrogen-bond donors (Lipinski definition) is 1. The molecule has 1 aromatic carbocycles. The molecule has 3 heteroatoms. The highest BCUT2D eigenvalue weighted by Crippen LogP contribution is 2.14. The highest BCUT2D eigenvalue weighted by Gasteiger charge is 2.01. The average Bonchev–Trinajstić information content (AvgIpc) is 2.82. The minimum Gasteiger partial charge on any atom is -0.383 e. The van der Waals surface area contributed by atoms with E-state index in [2.05, 4.69) is 53.0 Å². The summed E-state index contributed by atoms with van der Waals surface area (Å²) in [6.07, 6.45) is 8.06. The maximum Gasteiger partial charge on any atom is 0.0949 e. The Morgan fingerprint density at radius 2 is 2.28 bits per heavy atom. The highest BCUT2D eigenvalue weighted by atomic mass is 15.0. The van der Waals surface area contributed by atoms with E-state index >= 15 is 0 Å². The molecular formula is C15H21N3. The van der Waals surface area contributed by atoms with Crippen molar-refractivity contribution in [3.05, 3.63) is 48.5 Å². The molecule has 0 aliphatic rings. The fraction of sp³-hybridized carbons (Fsp3) is 0.400. The molecule has 0 amide bonds. The van der Waals surface area contributed by atoms with E-state index in [1.54, 1.807) is 0 Å². The number of benzene rings is 1. The molecule has 1 heterocycles. The molecule has 0 spiro atoms. The summed E-state index contributed by atoms with van der Waals surface area (Å²) in [5.74, 6) is 0. The van der Waals surface area contributed by atoms with E-state index in [9.17, 15) is 0 Å². The third-order valence-corrected chi connectivity index (χ3v) is 2.99. The zero-order valence-electron chi connectivity index (χ0n) is 11.1. The molecule has 2 rings (SSSR count). The molecule has 96 valence electrons. The van der Waals surface area contributed by atoms with Gasteiger partial charge >= 0.3 is 0 Å². The van der Waals surface area contributed by atoms with Crippen molar-refractivity contribution in [1.29, 1.82) is 0 Å². The van der Waals surface area contributed by atoms with Crippen LogP contribution in [0.15, 0.2) is 43.0 Å². The van der Waals surface area contributed by atoms with Crippen molar-refractivity contribution >= 4 is 5.69 Å². The molecule has 2 aromatic rings. The predicted octanol–water partition coefficient (Wildman–Crippen LogP) is 3.53. The van der Waals surface area contributed by atoms with E-state index in [1.165, 1.54) is 24.1 Å². The molecule has 0 saturated heterocycles. The Hall–Kier alpha value is -1.77. The summed E-state index contributed by atoms with van der Waals surface area (Å²) in [7, 11) is 0. The van der Waals surface area contributed by atoms with Crippen molar-refractivity contribution in [3.8, 4) is 0 Å². The molecule has 1 atom stereocenters. The molecule has 3 nitrogen and oxygen atoms in total. The molecule has 0 saturated carbocycles. The Balaban J connectivity index is 2.01. The first-order chi connectivity index (χ1) is 8.78. The van der Waals surface area contributed by atoms with Crippen LogP contribution in [0.1, 0.15) is 32.3 Å². The van der Waals surface area contributed by atoms with Gasteiger partial charge in [0.1, 0.15) is 0 Å². The zero-order valence-corrected chi connectivity index (χ0v) is 11.1. The van der Waals surface area contributed by atoms with Gasteiger partial charge in [-0.3, -0.25) is 0 Å². The van der Waals surface area contributed by atoms with Gasteiger partial charge in [-0.1, -0.05) is 25.5 Å². The van der Waals surface area contributed by atoms with Crippen molar-refractivity contribution in [2.24, 2.45) is 0 Å². The Labute approximate surface area is 109 Å². The van der Waals surface area contributed by atoms with Crippen molar-refractivity contribution in [3.63, 3.8) is 0 Å². The van der Waals surface area contributed by atoms with E-state index in [4.69, 9.17) is 0 Å². The lowest BCUT2D eigenvalue weighted by Gasteiger charge is -2.15. The second kappa shape index (κ2) is 6.24. The maximum atomic E-state index is 4.06. The summed E-state index contributed by atoms with van der Waals surface area (Å²) in [6.45, 7) is 5.32. The van der Waals surface area contributed by atoms with Crippen LogP contribution in [0.25, 0.3) is 0 Å². The van der Waals surface area contributed by atoms with E-state index < -0.39 is 0 Å². The maximum absolute atomic E-state index is 4.06. The predicted molar refractivity (Wildman–Crippen MR) is 75.8 cm³/mol. The molecule has 1 unspecified atom stereocenters. The Morgan fingerprint density at radius 3 is 3.00 bits per heavy atom. The molecule has 0 bridgehead atoms. The number of aromatic nitrogens is 2. The van der Waals surface area contributed by atoms with Crippen LogP contribution in [0.3, 0.4) is 0 Å². The monoisotopic (exact) mass is 243 g/mol. The van der Waals surface area contributed by atoms with Gasteiger partial charge in [0.2, 0.25) is 0 Å². The van der Waals surface area contributed by atoms with E-state index in [1.807, 2.05) is 18.7 Å². The lowest BCUT2D eigenvalue weighted by Crippen LogP contribution is -2.14. The quantitative estimate of drug-likeness (QED) is 0.841. The van der Waals surface area contributed by atoms with Gasteiger partial charge in [-0.05, 0) is 31.0 Å². The van der Waals surface area contributed by atoms with Gasteiger partial charge in [-0.2, -0.15) is 0 Å². The topological polar surface area (TPSA) is 29.9 Å². The molecule has 0 aliphatic carbocycles. The summed E-state index contributed by atoms with van der Waals surface area (Å²) >= 11 is 0. The third-order valence-electron chi connectivity index (χ3n) is 2.99. The Morgan fingerprint density at radius 1 is 1.39 bits per heavy atom. The van der Waals surface area contributed by atoms with Crippen LogP contribution in [0.5, 0.6) is 0 Å². The summed E-state index contributed by atoms with van der Waals surface area (Å²) in [4.78, 5) is 4.06. The number of nitrogens with one attached hydrogen (secondary N) is 1. The first kappa shape index (κ1) is 12.7. The standard InChI is InChI=1S/C15H21N3/c1-3-5-13(2)17-15-7-4-6-14(10-15)11-18-9-8-16-12-18/h4,6-10,12-13,17H,3,5,11H2,1-2H3. The number of hydrogen-bond acceptors (Lipinski definition) is 2. The van der Waals surface area contributed by atoms with Crippen LogP contribution in [0, 0.1) is 0 Å². The molecule has 18 heavy (non-hydrogen) atoms. The smallest absolute Gasteiger partial charge is 0.0949 e. The van der Waals surface area contributed by atoms with Gasteiger partial charge in [0, 0.05) is 30.7 Å². The van der Waals surface area contributed by atoms with Crippen LogP contribution < -0.4 is 5.32 Å². The van der Waals surface area contributed by atoms with Gasteiger partial charge in [-0.15, -0.1) is 0 Å².